The molecule has 0 radical (unpaired) electrons. The molecule has 100 valence electrons. The zero-order valence-electron chi connectivity index (χ0n) is 11.9. The predicted molar refractivity (Wildman–Crippen MR) is 73.6 cm³/mol. The van der Waals surface area contributed by atoms with E-state index in [2.05, 4.69) is 19.2 Å². The van der Waals surface area contributed by atoms with Crippen molar-refractivity contribution >= 4 is 5.97 Å². The van der Waals surface area contributed by atoms with Crippen molar-refractivity contribution in [2.75, 3.05) is 0 Å². The van der Waals surface area contributed by atoms with Gasteiger partial charge >= 0.3 is 5.97 Å². The average molecular weight is 249 g/mol. The smallest absolute Gasteiger partial charge is 0.338 e. The molecule has 1 rings (SSSR count). The van der Waals surface area contributed by atoms with Gasteiger partial charge in [0.25, 0.3) is 0 Å². The Balaban J connectivity index is 2.62. The van der Waals surface area contributed by atoms with Crippen molar-refractivity contribution in [2.24, 2.45) is 0 Å². The summed E-state index contributed by atoms with van der Waals surface area (Å²) in [6, 6.07) is 7.98. The second-order valence-electron chi connectivity index (χ2n) is 5.73. The summed E-state index contributed by atoms with van der Waals surface area (Å²) in [6.07, 6.45) is 0. The van der Waals surface area contributed by atoms with Gasteiger partial charge in [0.15, 0.2) is 0 Å². The van der Waals surface area contributed by atoms with Crippen LogP contribution in [-0.2, 0) is 11.3 Å². The highest BCUT2D eigenvalue weighted by atomic mass is 16.6. The number of carbonyl (C=O) groups excluding carboxylic acids is 1. The molecule has 0 aromatic heterocycles. The van der Waals surface area contributed by atoms with E-state index in [0.717, 1.165) is 12.1 Å². The van der Waals surface area contributed by atoms with Crippen LogP contribution in [0, 0.1) is 0 Å². The summed E-state index contributed by atoms with van der Waals surface area (Å²) in [7, 11) is 0. The molecule has 0 heterocycles. The Labute approximate surface area is 110 Å². The molecule has 0 atom stereocenters. The van der Waals surface area contributed by atoms with Crippen LogP contribution >= 0.6 is 0 Å². The first-order valence-corrected chi connectivity index (χ1v) is 6.33. The van der Waals surface area contributed by atoms with E-state index >= 15 is 0 Å². The quantitative estimate of drug-likeness (QED) is 0.833. The molecule has 3 heteroatoms. The van der Waals surface area contributed by atoms with Crippen LogP contribution in [0.1, 0.15) is 50.5 Å². The van der Waals surface area contributed by atoms with E-state index in [-0.39, 0.29) is 5.97 Å². The summed E-state index contributed by atoms with van der Waals surface area (Å²) in [5.41, 5.74) is 1.31. The van der Waals surface area contributed by atoms with Gasteiger partial charge in [0.1, 0.15) is 5.60 Å². The van der Waals surface area contributed by atoms with Crippen molar-refractivity contribution in [2.45, 2.75) is 52.8 Å². The van der Waals surface area contributed by atoms with E-state index in [1.165, 1.54) is 0 Å². The Morgan fingerprint density at radius 1 is 1.22 bits per heavy atom. The summed E-state index contributed by atoms with van der Waals surface area (Å²) in [6.45, 7) is 10.6. The fourth-order valence-corrected chi connectivity index (χ4v) is 1.42. The number of ether oxygens (including phenoxy) is 1. The molecule has 0 saturated heterocycles. The maximum absolute atomic E-state index is 11.8. The number of carbonyl (C=O) groups is 1. The third-order valence-electron chi connectivity index (χ3n) is 2.30. The number of hydrogen-bond donors (Lipinski definition) is 1. The molecular formula is C15H23NO2. The lowest BCUT2D eigenvalue weighted by Gasteiger charge is -2.19. The van der Waals surface area contributed by atoms with E-state index in [0.29, 0.717) is 11.6 Å². The summed E-state index contributed by atoms with van der Waals surface area (Å²) in [5, 5.41) is 3.33. The topological polar surface area (TPSA) is 38.3 Å². The van der Waals surface area contributed by atoms with Gasteiger partial charge in [0.2, 0.25) is 0 Å². The third kappa shape index (κ3) is 5.32. The maximum Gasteiger partial charge on any atom is 0.338 e. The Bertz CT molecular complexity index is 388. The van der Waals surface area contributed by atoms with Crippen molar-refractivity contribution in [1.82, 2.24) is 5.32 Å². The van der Waals surface area contributed by atoms with Gasteiger partial charge in [0, 0.05) is 12.6 Å². The fraction of sp³-hybridized carbons (Fsp3) is 0.533. The SMILES string of the molecule is CC(C)NCc1ccc(C(=O)OC(C)(C)C)cc1. The number of hydrogen-bond acceptors (Lipinski definition) is 3. The fourth-order valence-electron chi connectivity index (χ4n) is 1.42. The number of benzene rings is 1. The van der Waals surface area contributed by atoms with Gasteiger partial charge < -0.3 is 10.1 Å². The van der Waals surface area contributed by atoms with Crippen LogP contribution in [0.15, 0.2) is 24.3 Å². The van der Waals surface area contributed by atoms with Gasteiger partial charge in [-0.15, -0.1) is 0 Å². The largest absolute Gasteiger partial charge is 0.456 e. The minimum atomic E-state index is -0.449. The highest BCUT2D eigenvalue weighted by Crippen LogP contribution is 2.12. The number of nitrogens with one attached hydrogen (secondary N) is 1. The molecule has 0 bridgehead atoms. The van der Waals surface area contributed by atoms with Gasteiger partial charge in [-0.05, 0) is 38.5 Å². The van der Waals surface area contributed by atoms with Crippen LogP contribution in [0.3, 0.4) is 0 Å². The van der Waals surface area contributed by atoms with Crippen molar-refractivity contribution in [3.05, 3.63) is 35.4 Å². The summed E-state index contributed by atoms with van der Waals surface area (Å²) < 4.78 is 5.31. The predicted octanol–water partition coefficient (Wildman–Crippen LogP) is 3.14. The first-order valence-electron chi connectivity index (χ1n) is 6.33. The molecule has 0 aliphatic carbocycles. The van der Waals surface area contributed by atoms with Gasteiger partial charge in [0.05, 0.1) is 5.56 Å². The van der Waals surface area contributed by atoms with Crippen LogP contribution in [-0.4, -0.2) is 17.6 Å². The van der Waals surface area contributed by atoms with E-state index < -0.39 is 5.60 Å². The van der Waals surface area contributed by atoms with Gasteiger partial charge in [-0.1, -0.05) is 26.0 Å². The van der Waals surface area contributed by atoms with Crippen LogP contribution in [0.5, 0.6) is 0 Å². The lowest BCUT2D eigenvalue weighted by molar-refractivity contribution is 0.00695. The van der Waals surface area contributed by atoms with Gasteiger partial charge in [-0.3, -0.25) is 0 Å². The van der Waals surface area contributed by atoms with Crippen molar-refractivity contribution < 1.29 is 9.53 Å². The molecule has 0 aliphatic heterocycles. The minimum Gasteiger partial charge on any atom is -0.456 e. The van der Waals surface area contributed by atoms with E-state index in [1.54, 1.807) is 0 Å². The van der Waals surface area contributed by atoms with Crippen LogP contribution in [0.2, 0.25) is 0 Å². The molecule has 18 heavy (non-hydrogen) atoms. The van der Waals surface area contributed by atoms with Crippen molar-refractivity contribution in [3.8, 4) is 0 Å². The maximum atomic E-state index is 11.8. The molecule has 0 fully saturated rings. The second-order valence-corrected chi connectivity index (χ2v) is 5.73. The number of rotatable bonds is 4. The van der Waals surface area contributed by atoms with Crippen LogP contribution in [0.4, 0.5) is 0 Å². The minimum absolute atomic E-state index is 0.272. The summed E-state index contributed by atoms with van der Waals surface area (Å²) in [4.78, 5) is 11.8. The Hall–Kier alpha value is -1.35. The molecule has 1 N–H and O–H groups in total. The lowest BCUT2D eigenvalue weighted by atomic mass is 10.1. The highest BCUT2D eigenvalue weighted by molar-refractivity contribution is 5.89. The standard InChI is InChI=1S/C15H23NO2/c1-11(2)16-10-12-6-8-13(9-7-12)14(17)18-15(3,4)5/h6-9,11,16H,10H2,1-5H3. The Morgan fingerprint density at radius 2 is 1.78 bits per heavy atom. The zero-order chi connectivity index (χ0) is 13.8. The average Bonchev–Trinajstić information content (AvgIpc) is 2.24. The molecule has 1 aromatic rings. The molecule has 0 saturated carbocycles. The van der Waals surface area contributed by atoms with Crippen LogP contribution in [0.25, 0.3) is 0 Å². The Morgan fingerprint density at radius 3 is 2.22 bits per heavy atom. The van der Waals surface area contributed by atoms with Gasteiger partial charge in [-0.25, -0.2) is 4.79 Å². The lowest BCUT2D eigenvalue weighted by Crippen LogP contribution is -2.24. The second kappa shape index (κ2) is 6.01. The molecule has 0 spiro atoms. The summed E-state index contributed by atoms with van der Waals surface area (Å²) >= 11 is 0. The molecule has 0 aliphatic rings. The highest BCUT2D eigenvalue weighted by Gasteiger charge is 2.17. The van der Waals surface area contributed by atoms with E-state index in [4.69, 9.17) is 4.74 Å². The Kier molecular flexibility index (Phi) is 4.91. The van der Waals surface area contributed by atoms with Gasteiger partial charge in [-0.2, -0.15) is 0 Å². The zero-order valence-corrected chi connectivity index (χ0v) is 11.9. The molecule has 0 unspecified atom stereocenters. The first kappa shape index (κ1) is 14.7. The molecule has 3 nitrogen and oxygen atoms in total. The number of esters is 1. The third-order valence-corrected chi connectivity index (χ3v) is 2.30. The van der Waals surface area contributed by atoms with Crippen LogP contribution < -0.4 is 5.32 Å². The summed E-state index contributed by atoms with van der Waals surface area (Å²) in [5.74, 6) is -0.272. The molecule has 0 amide bonds. The van der Waals surface area contributed by atoms with E-state index in [1.807, 2.05) is 45.0 Å². The van der Waals surface area contributed by atoms with Crippen molar-refractivity contribution in [1.29, 1.82) is 0 Å². The van der Waals surface area contributed by atoms with Crippen molar-refractivity contribution in [3.63, 3.8) is 0 Å². The normalized spacial score (nSPS) is 11.7. The monoisotopic (exact) mass is 249 g/mol. The first-order chi connectivity index (χ1) is 8.28. The van der Waals surface area contributed by atoms with E-state index in [9.17, 15) is 4.79 Å². The molecular weight excluding hydrogens is 226 g/mol. The molecule has 1 aromatic carbocycles.